The highest BCUT2D eigenvalue weighted by molar-refractivity contribution is 5.39. The molecule has 0 aliphatic heterocycles. The maximum Gasteiger partial charge on any atom is 0.227 e. The van der Waals surface area contributed by atoms with Gasteiger partial charge in [0.05, 0.1) is 11.6 Å². The Kier molecular flexibility index (Phi) is 3.39. The molecule has 0 atom stereocenters. The van der Waals surface area contributed by atoms with Gasteiger partial charge in [-0.05, 0) is 23.8 Å². The van der Waals surface area contributed by atoms with Crippen LogP contribution in [-0.2, 0) is 6.54 Å². The topological polar surface area (TPSA) is 78.8 Å². The molecule has 0 spiro atoms. The summed E-state index contributed by atoms with van der Waals surface area (Å²) in [5.41, 5.74) is 7.29. The first kappa shape index (κ1) is 11.9. The number of nitrogens with zero attached hydrogens (tertiary/aromatic N) is 4. The molecule has 0 aliphatic rings. The van der Waals surface area contributed by atoms with Crippen LogP contribution in [0.1, 0.15) is 11.1 Å². The Labute approximate surface area is 106 Å². The van der Waals surface area contributed by atoms with E-state index in [9.17, 15) is 0 Å². The summed E-state index contributed by atoms with van der Waals surface area (Å²) in [6.07, 6.45) is 1.62. The van der Waals surface area contributed by atoms with Gasteiger partial charge in [0.25, 0.3) is 0 Å². The van der Waals surface area contributed by atoms with Gasteiger partial charge in [0, 0.05) is 19.8 Å². The number of rotatable bonds is 3. The Balaban J connectivity index is 2.16. The van der Waals surface area contributed by atoms with E-state index in [2.05, 4.69) is 16.0 Å². The van der Waals surface area contributed by atoms with Crippen molar-refractivity contribution < 1.29 is 0 Å². The molecule has 5 nitrogen and oxygen atoms in total. The van der Waals surface area contributed by atoms with Gasteiger partial charge in [0.1, 0.15) is 5.82 Å². The normalized spacial score (nSPS) is 9.78. The van der Waals surface area contributed by atoms with Gasteiger partial charge in [0.15, 0.2) is 0 Å². The number of anilines is 2. The molecular formula is C13H13N5. The fraction of sp³-hybridized carbons (Fsp3) is 0.154. The van der Waals surface area contributed by atoms with Gasteiger partial charge in [-0.1, -0.05) is 12.1 Å². The molecule has 2 N–H and O–H groups in total. The minimum absolute atomic E-state index is 0.442. The van der Waals surface area contributed by atoms with Crippen LogP contribution < -0.4 is 10.6 Å². The van der Waals surface area contributed by atoms with Crippen molar-refractivity contribution in [1.82, 2.24) is 9.97 Å². The third kappa shape index (κ3) is 2.74. The lowest BCUT2D eigenvalue weighted by molar-refractivity contribution is 0.868. The van der Waals surface area contributed by atoms with Crippen LogP contribution in [0.15, 0.2) is 36.5 Å². The highest BCUT2D eigenvalue weighted by Crippen LogP contribution is 2.12. The quantitative estimate of drug-likeness (QED) is 0.879. The summed E-state index contributed by atoms with van der Waals surface area (Å²) in [6, 6.07) is 11.2. The lowest BCUT2D eigenvalue weighted by Gasteiger charge is -2.17. The number of hydrogen-bond acceptors (Lipinski definition) is 5. The van der Waals surface area contributed by atoms with Crippen molar-refractivity contribution >= 4 is 11.8 Å². The van der Waals surface area contributed by atoms with Crippen LogP contribution in [0.25, 0.3) is 0 Å². The lowest BCUT2D eigenvalue weighted by Crippen LogP contribution is -2.19. The van der Waals surface area contributed by atoms with Crippen molar-refractivity contribution in [2.45, 2.75) is 6.54 Å². The number of nitrogen functional groups attached to an aromatic ring is 1. The molecular weight excluding hydrogens is 226 g/mol. The molecule has 0 aliphatic carbocycles. The van der Waals surface area contributed by atoms with Crippen LogP contribution in [0.2, 0.25) is 0 Å². The predicted octanol–water partition coefficient (Wildman–Crippen LogP) is 1.57. The first-order valence-electron chi connectivity index (χ1n) is 5.48. The average Bonchev–Trinajstić information content (AvgIpc) is 2.39. The summed E-state index contributed by atoms with van der Waals surface area (Å²) < 4.78 is 0. The van der Waals surface area contributed by atoms with Gasteiger partial charge < -0.3 is 10.6 Å². The van der Waals surface area contributed by atoms with E-state index in [1.165, 1.54) is 0 Å². The first-order chi connectivity index (χ1) is 8.69. The smallest absolute Gasteiger partial charge is 0.227 e. The Hall–Kier alpha value is -2.61. The average molecular weight is 239 g/mol. The molecule has 1 aromatic carbocycles. The predicted molar refractivity (Wildman–Crippen MR) is 69.7 cm³/mol. The summed E-state index contributed by atoms with van der Waals surface area (Å²) in [7, 11) is 1.88. The highest BCUT2D eigenvalue weighted by Gasteiger charge is 2.05. The van der Waals surface area contributed by atoms with Crippen molar-refractivity contribution in [3.05, 3.63) is 47.7 Å². The molecule has 90 valence electrons. The Morgan fingerprint density at radius 3 is 2.94 bits per heavy atom. The molecule has 0 saturated carbocycles. The van der Waals surface area contributed by atoms with Crippen LogP contribution in [0.3, 0.4) is 0 Å². The van der Waals surface area contributed by atoms with E-state index in [0.29, 0.717) is 23.9 Å². The molecule has 0 unspecified atom stereocenters. The van der Waals surface area contributed by atoms with Crippen LogP contribution in [0.5, 0.6) is 0 Å². The second kappa shape index (κ2) is 5.15. The van der Waals surface area contributed by atoms with Gasteiger partial charge in [-0.3, -0.25) is 0 Å². The van der Waals surface area contributed by atoms with E-state index in [4.69, 9.17) is 11.0 Å². The van der Waals surface area contributed by atoms with Gasteiger partial charge in [-0.2, -0.15) is 10.2 Å². The minimum Gasteiger partial charge on any atom is -0.384 e. The van der Waals surface area contributed by atoms with Crippen molar-refractivity contribution in [2.24, 2.45) is 0 Å². The van der Waals surface area contributed by atoms with Gasteiger partial charge in [0.2, 0.25) is 5.95 Å². The molecule has 1 aromatic heterocycles. The first-order valence-corrected chi connectivity index (χ1v) is 5.48. The summed E-state index contributed by atoms with van der Waals surface area (Å²) in [4.78, 5) is 10.2. The largest absolute Gasteiger partial charge is 0.384 e. The van der Waals surface area contributed by atoms with E-state index >= 15 is 0 Å². The third-order valence-corrected chi connectivity index (χ3v) is 2.48. The fourth-order valence-electron chi connectivity index (χ4n) is 1.63. The number of aromatic nitrogens is 2. The summed E-state index contributed by atoms with van der Waals surface area (Å²) >= 11 is 0. The molecule has 0 bridgehead atoms. The number of nitrogens with two attached hydrogens (primary N) is 1. The van der Waals surface area contributed by atoms with E-state index in [-0.39, 0.29) is 0 Å². The van der Waals surface area contributed by atoms with Crippen LogP contribution >= 0.6 is 0 Å². The highest BCUT2D eigenvalue weighted by atomic mass is 15.2. The number of benzene rings is 1. The fourth-order valence-corrected chi connectivity index (χ4v) is 1.63. The molecule has 2 rings (SSSR count). The number of nitriles is 1. The van der Waals surface area contributed by atoms with E-state index < -0.39 is 0 Å². The molecule has 1 heterocycles. The standard InChI is InChI=1S/C13H13N5/c1-18(13-16-6-5-12(15)17-13)9-11-4-2-3-10(7-11)8-14/h2-7H,9H2,1H3,(H2,15,16,17). The molecule has 2 aromatic rings. The third-order valence-electron chi connectivity index (χ3n) is 2.48. The second-order valence-electron chi connectivity index (χ2n) is 3.95. The molecule has 0 saturated heterocycles. The zero-order valence-corrected chi connectivity index (χ0v) is 10.0. The summed E-state index contributed by atoms with van der Waals surface area (Å²) in [5, 5.41) is 8.84. The number of hydrogen-bond donors (Lipinski definition) is 1. The molecule has 18 heavy (non-hydrogen) atoms. The molecule has 0 radical (unpaired) electrons. The Morgan fingerprint density at radius 1 is 1.39 bits per heavy atom. The summed E-state index contributed by atoms with van der Waals surface area (Å²) in [5.74, 6) is 1.01. The van der Waals surface area contributed by atoms with Gasteiger partial charge in [-0.15, -0.1) is 0 Å². The van der Waals surface area contributed by atoms with E-state index in [0.717, 1.165) is 5.56 Å². The molecule has 5 heteroatoms. The molecule has 0 fully saturated rings. The second-order valence-corrected chi connectivity index (χ2v) is 3.95. The maximum atomic E-state index is 8.84. The molecule has 0 amide bonds. The zero-order chi connectivity index (χ0) is 13.0. The summed E-state index contributed by atoms with van der Waals surface area (Å²) in [6.45, 7) is 0.624. The minimum atomic E-state index is 0.442. The van der Waals surface area contributed by atoms with Gasteiger partial charge in [-0.25, -0.2) is 4.98 Å². The van der Waals surface area contributed by atoms with Crippen LogP contribution in [-0.4, -0.2) is 17.0 Å². The van der Waals surface area contributed by atoms with Gasteiger partial charge >= 0.3 is 0 Å². The lowest BCUT2D eigenvalue weighted by atomic mass is 10.1. The van der Waals surface area contributed by atoms with Crippen molar-refractivity contribution in [2.75, 3.05) is 17.7 Å². The van der Waals surface area contributed by atoms with E-state index in [1.807, 2.05) is 30.1 Å². The Morgan fingerprint density at radius 2 is 2.22 bits per heavy atom. The van der Waals surface area contributed by atoms with Crippen LogP contribution in [0, 0.1) is 11.3 Å². The van der Waals surface area contributed by atoms with Crippen LogP contribution in [0.4, 0.5) is 11.8 Å². The zero-order valence-electron chi connectivity index (χ0n) is 10.0. The van der Waals surface area contributed by atoms with E-state index in [1.54, 1.807) is 18.3 Å². The Bertz CT molecular complexity index is 588. The van der Waals surface area contributed by atoms with Crippen molar-refractivity contribution in [1.29, 1.82) is 5.26 Å². The SMILES string of the molecule is CN(Cc1cccc(C#N)c1)c1nccc(N)n1. The van der Waals surface area contributed by atoms with Crippen molar-refractivity contribution in [3.63, 3.8) is 0 Å². The maximum absolute atomic E-state index is 8.84. The van der Waals surface area contributed by atoms with Crippen molar-refractivity contribution in [3.8, 4) is 6.07 Å². The monoisotopic (exact) mass is 239 g/mol.